The Morgan fingerprint density at radius 3 is 1.29 bits per heavy atom. The second-order valence-corrected chi connectivity index (χ2v) is 7.57. The van der Waals surface area contributed by atoms with Crippen LogP contribution in [0.5, 0.6) is 0 Å². The Balaban J connectivity index is 0. The van der Waals surface area contributed by atoms with Crippen LogP contribution in [0.1, 0.15) is 25.7 Å². The van der Waals surface area contributed by atoms with Crippen LogP contribution in [-0.2, 0) is 61.8 Å². The molecule has 0 aromatic rings. The zero-order valence-electron chi connectivity index (χ0n) is 23.8. The van der Waals surface area contributed by atoms with Crippen molar-refractivity contribution in [2.45, 2.75) is 25.7 Å². The van der Waals surface area contributed by atoms with Gasteiger partial charge in [-0.05, 0) is 0 Å². The Bertz CT molecular complexity index is 607. The van der Waals surface area contributed by atoms with Crippen molar-refractivity contribution in [2.75, 3.05) is 113 Å². The number of cyclic esters (lactones) is 2. The summed E-state index contributed by atoms with van der Waals surface area (Å²) in [5.74, 6) is -2.35. The summed E-state index contributed by atoms with van der Waals surface area (Å²) in [6.07, 6.45) is 0.180. The van der Waals surface area contributed by atoms with Gasteiger partial charge in [0.15, 0.2) is 0 Å². The first-order valence-corrected chi connectivity index (χ1v) is 13.1. The lowest BCUT2D eigenvalue weighted by Crippen LogP contribution is -2.14. The van der Waals surface area contributed by atoms with Crippen molar-refractivity contribution in [3.8, 4) is 0 Å². The van der Waals surface area contributed by atoms with Gasteiger partial charge >= 0.3 is 23.9 Å². The first kappa shape index (κ1) is 40.9. The molecule has 0 aliphatic carbocycles. The predicted octanol–water partition coefficient (Wildman–Crippen LogP) is -1.04. The molecule has 1 rings (SSSR count). The van der Waals surface area contributed by atoms with Gasteiger partial charge in [0.05, 0.1) is 125 Å². The molecule has 41 heavy (non-hydrogen) atoms. The van der Waals surface area contributed by atoms with E-state index in [4.69, 9.17) is 53.2 Å². The van der Waals surface area contributed by atoms with Crippen molar-refractivity contribution in [3.05, 3.63) is 0 Å². The van der Waals surface area contributed by atoms with Gasteiger partial charge in [-0.15, -0.1) is 0 Å². The standard InChI is InChI=1S/C13H24O8.C8H18O5.C4H4O3/c1-17-4-5-18-6-7-19-8-9-20-10-11-21-13(16)3-2-12(14)15;9-1-3-11-5-7-13-8-6-12-4-2-10;5-3-1-2-4(6)7-3/h2-11H2,1H3,(H,14,15);9-10H,1-8H2;1-2H2. The van der Waals surface area contributed by atoms with Gasteiger partial charge < -0.3 is 58.0 Å². The number of aliphatic hydroxyl groups is 2. The topological polar surface area (TPSA) is 212 Å². The fourth-order valence-electron chi connectivity index (χ4n) is 2.28. The third-order valence-corrected chi connectivity index (χ3v) is 4.19. The number of carboxylic acid groups (broad SMARTS) is 1. The summed E-state index contributed by atoms with van der Waals surface area (Å²) in [5, 5.41) is 25.1. The molecule has 16 nitrogen and oxygen atoms in total. The monoisotopic (exact) mass is 602 g/mol. The maximum atomic E-state index is 11.0. The van der Waals surface area contributed by atoms with Crippen LogP contribution in [0.3, 0.4) is 0 Å². The van der Waals surface area contributed by atoms with E-state index in [1.54, 1.807) is 7.11 Å². The smallest absolute Gasteiger partial charge is 0.314 e. The molecule has 0 radical (unpaired) electrons. The lowest BCUT2D eigenvalue weighted by atomic mass is 10.3. The molecule has 1 saturated heterocycles. The number of aliphatic carboxylic acids is 1. The van der Waals surface area contributed by atoms with Crippen molar-refractivity contribution in [1.82, 2.24) is 0 Å². The normalized spacial score (nSPS) is 12.2. The number of carboxylic acids is 1. The van der Waals surface area contributed by atoms with Gasteiger partial charge in [0.1, 0.15) is 6.61 Å². The summed E-state index contributed by atoms with van der Waals surface area (Å²) in [6.45, 7) is 6.05. The molecule has 0 aromatic heterocycles. The molecule has 0 aromatic carbocycles. The van der Waals surface area contributed by atoms with Crippen molar-refractivity contribution < 1.29 is 77.1 Å². The van der Waals surface area contributed by atoms with Crippen molar-refractivity contribution >= 4 is 23.9 Å². The van der Waals surface area contributed by atoms with Crippen LogP contribution in [0.15, 0.2) is 0 Å². The number of carbonyl (C=O) groups is 4. The van der Waals surface area contributed by atoms with E-state index >= 15 is 0 Å². The van der Waals surface area contributed by atoms with Crippen molar-refractivity contribution in [2.24, 2.45) is 0 Å². The minimum absolute atomic E-state index is 0.0413. The molecule has 242 valence electrons. The van der Waals surface area contributed by atoms with Crippen LogP contribution in [0, 0.1) is 0 Å². The van der Waals surface area contributed by atoms with Gasteiger partial charge in [0.2, 0.25) is 0 Å². The molecule has 1 aliphatic heterocycles. The van der Waals surface area contributed by atoms with Gasteiger partial charge in [-0.2, -0.15) is 0 Å². The number of rotatable bonds is 25. The van der Waals surface area contributed by atoms with Gasteiger partial charge in [-0.3, -0.25) is 19.2 Å². The fraction of sp³-hybridized carbons (Fsp3) is 0.840. The molecule has 16 heteroatoms. The van der Waals surface area contributed by atoms with Gasteiger partial charge in [-0.1, -0.05) is 0 Å². The van der Waals surface area contributed by atoms with Gasteiger partial charge in [0, 0.05) is 7.11 Å². The van der Waals surface area contributed by atoms with Crippen molar-refractivity contribution in [3.63, 3.8) is 0 Å². The first-order chi connectivity index (χ1) is 19.9. The van der Waals surface area contributed by atoms with E-state index in [9.17, 15) is 19.2 Å². The van der Waals surface area contributed by atoms with Gasteiger partial charge in [-0.25, -0.2) is 0 Å². The SMILES string of the molecule is COCCOCCOCCOCCOC(=O)CCC(=O)O.O=C1CCC(=O)O1.OCCOCCOCCOCCO. The number of methoxy groups -OCH3 is 1. The number of hydrogen-bond acceptors (Lipinski definition) is 15. The summed E-state index contributed by atoms with van der Waals surface area (Å²) in [4.78, 5) is 41.3. The summed E-state index contributed by atoms with van der Waals surface area (Å²) in [7, 11) is 1.61. The summed E-state index contributed by atoms with van der Waals surface area (Å²) in [6, 6.07) is 0. The predicted molar refractivity (Wildman–Crippen MR) is 139 cm³/mol. The van der Waals surface area contributed by atoms with Crippen molar-refractivity contribution in [1.29, 1.82) is 0 Å². The van der Waals surface area contributed by atoms with Crippen LogP contribution in [-0.4, -0.2) is 152 Å². The van der Waals surface area contributed by atoms with E-state index < -0.39 is 23.9 Å². The molecule has 0 atom stereocenters. The maximum absolute atomic E-state index is 11.0. The van der Waals surface area contributed by atoms with E-state index in [0.29, 0.717) is 79.3 Å². The zero-order valence-corrected chi connectivity index (χ0v) is 23.8. The lowest BCUT2D eigenvalue weighted by Gasteiger charge is -2.07. The molecule has 1 heterocycles. The van der Waals surface area contributed by atoms with Crippen LogP contribution < -0.4 is 0 Å². The van der Waals surface area contributed by atoms with E-state index in [-0.39, 0.29) is 52.1 Å². The molecule has 0 saturated carbocycles. The molecule has 1 fully saturated rings. The first-order valence-electron chi connectivity index (χ1n) is 13.1. The molecule has 0 bridgehead atoms. The average molecular weight is 603 g/mol. The molecule has 0 spiro atoms. The Kier molecular flexibility index (Phi) is 33.8. The number of ether oxygens (including phenoxy) is 9. The minimum atomic E-state index is -1.02. The maximum Gasteiger partial charge on any atom is 0.314 e. The van der Waals surface area contributed by atoms with E-state index in [1.807, 2.05) is 0 Å². The van der Waals surface area contributed by atoms with Gasteiger partial charge in [0.25, 0.3) is 0 Å². The highest BCUT2D eigenvalue weighted by atomic mass is 16.6. The highest BCUT2D eigenvalue weighted by Crippen LogP contribution is 2.04. The molecule has 0 amide bonds. The Morgan fingerprint density at radius 2 is 0.976 bits per heavy atom. The second-order valence-electron chi connectivity index (χ2n) is 7.57. The lowest BCUT2D eigenvalue weighted by molar-refractivity contribution is -0.152. The second kappa shape index (κ2) is 33.9. The van der Waals surface area contributed by atoms with Crippen LogP contribution in [0.25, 0.3) is 0 Å². The average Bonchev–Trinajstić information content (AvgIpc) is 3.34. The number of hydrogen-bond donors (Lipinski definition) is 3. The zero-order chi connectivity index (χ0) is 30.8. The summed E-state index contributed by atoms with van der Waals surface area (Å²) in [5.41, 5.74) is 0. The molecular formula is C25H46O16. The Hall–Kier alpha value is -2.28. The molecule has 0 unspecified atom stereocenters. The third kappa shape index (κ3) is 37.7. The van der Waals surface area contributed by atoms with E-state index in [2.05, 4.69) is 4.74 Å². The molecular weight excluding hydrogens is 556 g/mol. The van der Waals surface area contributed by atoms with E-state index in [1.165, 1.54) is 0 Å². The quantitative estimate of drug-likeness (QED) is 0.0647. The van der Waals surface area contributed by atoms with Crippen LogP contribution in [0.4, 0.5) is 0 Å². The largest absolute Gasteiger partial charge is 0.481 e. The molecule has 1 aliphatic rings. The van der Waals surface area contributed by atoms with Crippen LogP contribution >= 0.6 is 0 Å². The Morgan fingerprint density at radius 1 is 0.610 bits per heavy atom. The molecule has 3 N–H and O–H groups in total. The highest BCUT2D eigenvalue weighted by molar-refractivity contribution is 5.92. The van der Waals surface area contributed by atoms with Crippen LogP contribution in [0.2, 0.25) is 0 Å². The minimum Gasteiger partial charge on any atom is -0.481 e. The fourth-order valence-corrected chi connectivity index (χ4v) is 2.28. The summed E-state index contributed by atoms with van der Waals surface area (Å²) >= 11 is 0. The number of aliphatic hydroxyl groups excluding tert-OH is 2. The third-order valence-electron chi connectivity index (χ3n) is 4.19. The Labute approximate surface area is 240 Å². The highest BCUT2D eigenvalue weighted by Gasteiger charge is 2.19. The number of carbonyl (C=O) groups excluding carboxylic acids is 3. The number of esters is 3. The summed E-state index contributed by atoms with van der Waals surface area (Å²) < 4.78 is 44.3. The van der Waals surface area contributed by atoms with E-state index in [0.717, 1.165) is 0 Å².